The highest BCUT2D eigenvalue weighted by Crippen LogP contribution is 2.30. The Hall–Kier alpha value is -2.83. The van der Waals surface area contributed by atoms with Crippen LogP contribution in [0.1, 0.15) is 34.1 Å². The number of rotatable bonds is 3. The van der Waals surface area contributed by atoms with Crippen molar-refractivity contribution in [1.29, 1.82) is 0 Å². The second-order valence-corrected chi connectivity index (χ2v) is 5.32. The van der Waals surface area contributed by atoms with Crippen LogP contribution in [0.15, 0.2) is 59.0 Å². The lowest BCUT2D eigenvalue weighted by atomic mass is 9.83. The van der Waals surface area contributed by atoms with E-state index in [0.717, 1.165) is 0 Å². The molecule has 0 saturated carbocycles. The molecule has 0 radical (unpaired) electrons. The van der Waals surface area contributed by atoms with E-state index in [4.69, 9.17) is 11.5 Å². The molecule has 0 saturated heterocycles. The number of hydrogen-bond donors (Lipinski definition) is 2. The number of fused-ring (bicyclic) bond motifs is 1. The quantitative estimate of drug-likeness (QED) is 0.831. The van der Waals surface area contributed by atoms with Crippen LogP contribution < -0.4 is 11.5 Å². The van der Waals surface area contributed by atoms with E-state index in [1.165, 1.54) is 19.1 Å². The van der Waals surface area contributed by atoms with Gasteiger partial charge in [-0.2, -0.15) is 13.2 Å². The van der Waals surface area contributed by atoms with Gasteiger partial charge in [0.25, 0.3) is 0 Å². The first kappa shape index (κ1) is 17.5. The largest absolute Gasteiger partial charge is 0.417 e. The summed E-state index contributed by atoms with van der Waals surface area (Å²) >= 11 is 0. The minimum atomic E-state index is -4.65. The van der Waals surface area contributed by atoms with Crippen molar-refractivity contribution in [3.8, 4) is 0 Å². The molecule has 1 aromatic rings. The number of allylic oxidation sites excluding steroid dienone is 4. The summed E-state index contributed by atoms with van der Waals surface area (Å²) in [6.45, 7) is 1.46. The highest BCUT2D eigenvalue weighted by Gasteiger charge is 2.33. The van der Waals surface area contributed by atoms with Crippen LogP contribution in [0, 0.1) is 0 Å². The van der Waals surface area contributed by atoms with Crippen molar-refractivity contribution in [2.45, 2.75) is 19.5 Å². The van der Waals surface area contributed by atoms with Gasteiger partial charge in [0.15, 0.2) is 11.6 Å². The van der Waals surface area contributed by atoms with Crippen molar-refractivity contribution in [3.05, 3.63) is 70.1 Å². The maximum absolute atomic E-state index is 12.7. The first-order valence-corrected chi connectivity index (χ1v) is 7.00. The Labute approximate surface area is 136 Å². The lowest BCUT2D eigenvalue weighted by molar-refractivity contribution is -0.0884. The van der Waals surface area contributed by atoms with Crippen molar-refractivity contribution < 1.29 is 22.8 Å². The molecule has 1 aliphatic carbocycles. The molecular formula is C17H15F3N2O2. The minimum absolute atomic E-state index is 0.0889. The van der Waals surface area contributed by atoms with Gasteiger partial charge in [-0.15, -0.1) is 0 Å². The van der Waals surface area contributed by atoms with E-state index in [1.54, 1.807) is 12.1 Å². The van der Waals surface area contributed by atoms with Crippen molar-refractivity contribution in [3.63, 3.8) is 0 Å². The Bertz CT molecular complexity index is 802. The van der Waals surface area contributed by atoms with Crippen LogP contribution in [0.2, 0.25) is 0 Å². The summed E-state index contributed by atoms with van der Waals surface area (Å²) in [7, 11) is 0. The predicted molar refractivity (Wildman–Crippen MR) is 83.0 cm³/mol. The number of carbonyl (C=O) groups is 2. The van der Waals surface area contributed by atoms with Gasteiger partial charge in [-0.1, -0.05) is 24.3 Å². The van der Waals surface area contributed by atoms with Gasteiger partial charge < -0.3 is 11.5 Å². The van der Waals surface area contributed by atoms with Crippen LogP contribution in [0.4, 0.5) is 13.2 Å². The first-order valence-electron chi connectivity index (χ1n) is 7.00. The number of ketones is 2. The zero-order valence-corrected chi connectivity index (χ0v) is 12.8. The Balaban J connectivity index is 2.38. The van der Waals surface area contributed by atoms with E-state index in [0.29, 0.717) is 12.3 Å². The number of nitrogens with two attached hydrogens (primary N) is 2. The molecule has 0 heterocycles. The van der Waals surface area contributed by atoms with Gasteiger partial charge >= 0.3 is 6.18 Å². The van der Waals surface area contributed by atoms with Gasteiger partial charge in [0, 0.05) is 40.6 Å². The van der Waals surface area contributed by atoms with Crippen LogP contribution in [0.5, 0.6) is 0 Å². The third kappa shape index (κ3) is 3.24. The number of hydrogen-bond acceptors (Lipinski definition) is 4. The maximum Gasteiger partial charge on any atom is 0.417 e. The normalized spacial score (nSPS) is 16.5. The Morgan fingerprint density at radius 1 is 1.12 bits per heavy atom. The third-order valence-electron chi connectivity index (χ3n) is 3.71. The van der Waals surface area contributed by atoms with Crippen LogP contribution in [-0.4, -0.2) is 17.7 Å². The van der Waals surface area contributed by atoms with Crippen molar-refractivity contribution in [2.24, 2.45) is 11.5 Å². The maximum atomic E-state index is 12.7. The summed E-state index contributed by atoms with van der Waals surface area (Å²) in [6.07, 6.45) is -3.85. The van der Waals surface area contributed by atoms with Crippen molar-refractivity contribution >= 4 is 11.6 Å². The van der Waals surface area contributed by atoms with E-state index in [1.807, 2.05) is 0 Å². The highest BCUT2D eigenvalue weighted by molar-refractivity contribution is 6.26. The SMILES string of the molecule is CC1=C(C/C(N)=C/C(=C\N)C(F)(F)F)C(=O)c2ccccc2C1=O. The molecule has 24 heavy (non-hydrogen) atoms. The Morgan fingerprint density at radius 2 is 1.67 bits per heavy atom. The lowest BCUT2D eigenvalue weighted by Crippen LogP contribution is -2.22. The second-order valence-electron chi connectivity index (χ2n) is 5.32. The summed E-state index contributed by atoms with van der Waals surface area (Å²) in [5.74, 6) is -0.747. The molecule has 0 amide bonds. The molecule has 0 fully saturated rings. The van der Waals surface area contributed by atoms with Crippen molar-refractivity contribution in [1.82, 2.24) is 0 Å². The molecule has 0 spiro atoms. The number of alkyl halides is 3. The molecule has 7 heteroatoms. The number of Topliss-reactive ketones (excluding diaryl/α,β-unsaturated/α-hetero) is 2. The molecule has 2 rings (SSSR count). The minimum Gasteiger partial charge on any atom is -0.404 e. The molecule has 0 aliphatic heterocycles. The zero-order chi connectivity index (χ0) is 18.1. The number of benzene rings is 1. The molecule has 0 atom stereocenters. The Morgan fingerprint density at radius 3 is 2.17 bits per heavy atom. The van der Waals surface area contributed by atoms with Crippen molar-refractivity contribution in [2.75, 3.05) is 0 Å². The summed E-state index contributed by atoms with van der Waals surface area (Å²) in [4.78, 5) is 24.8. The monoisotopic (exact) mass is 336 g/mol. The number of halogens is 3. The lowest BCUT2D eigenvalue weighted by Gasteiger charge is -2.19. The van der Waals surface area contributed by atoms with E-state index >= 15 is 0 Å². The molecule has 0 bridgehead atoms. The summed E-state index contributed by atoms with van der Waals surface area (Å²) in [6, 6.07) is 6.29. The highest BCUT2D eigenvalue weighted by atomic mass is 19.4. The molecule has 0 unspecified atom stereocenters. The number of carbonyl (C=O) groups excluding carboxylic acids is 2. The Kier molecular flexibility index (Phi) is 4.64. The summed E-state index contributed by atoms with van der Waals surface area (Å²) in [5.41, 5.74) is 10.0. The molecular weight excluding hydrogens is 321 g/mol. The second kappa shape index (κ2) is 6.35. The van der Waals surface area contributed by atoms with Gasteiger partial charge in [-0.3, -0.25) is 9.59 Å². The van der Waals surface area contributed by atoms with Gasteiger partial charge in [-0.05, 0) is 13.0 Å². The molecule has 4 N–H and O–H groups in total. The van der Waals surface area contributed by atoms with E-state index in [-0.39, 0.29) is 40.2 Å². The molecule has 1 aromatic carbocycles. The van der Waals surface area contributed by atoms with Crippen LogP contribution in [-0.2, 0) is 0 Å². The van der Waals surface area contributed by atoms with Crippen LogP contribution >= 0.6 is 0 Å². The van der Waals surface area contributed by atoms with E-state index in [2.05, 4.69) is 0 Å². The van der Waals surface area contributed by atoms with Crippen LogP contribution in [0.3, 0.4) is 0 Å². The molecule has 1 aliphatic rings. The molecule has 126 valence electrons. The average molecular weight is 336 g/mol. The van der Waals surface area contributed by atoms with Gasteiger partial charge in [-0.25, -0.2) is 0 Å². The fourth-order valence-corrected chi connectivity index (χ4v) is 2.44. The first-order chi connectivity index (χ1) is 11.2. The molecule has 0 aromatic heterocycles. The smallest absolute Gasteiger partial charge is 0.404 e. The van der Waals surface area contributed by atoms with Gasteiger partial charge in [0.05, 0.1) is 5.57 Å². The standard InChI is InChI=1S/C17H15F3N2O2/c1-9-14(7-11(22)6-10(8-21)17(18,19)20)16(24)13-5-3-2-4-12(13)15(9)23/h2-6,8H,7,21-22H2,1H3/b10-8+,11-6-. The fraction of sp³-hybridized carbons (Fsp3) is 0.176. The average Bonchev–Trinajstić information content (AvgIpc) is 2.53. The predicted octanol–water partition coefficient (Wildman–Crippen LogP) is 3.02. The molecule has 4 nitrogen and oxygen atoms in total. The summed E-state index contributed by atoms with van der Waals surface area (Å²) < 4.78 is 38.1. The third-order valence-corrected chi connectivity index (χ3v) is 3.71. The summed E-state index contributed by atoms with van der Waals surface area (Å²) in [5, 5.41) is 0. The van der Waals surface area contributed by atoms with Gasteiger partial charge in [0.2, 0.25) is 0 Å². The van der Waals surface area contributed by atoms with Gasteiger partial charge in [0.1, 0.15) is 0 Å². The topological polar surface area (TPSA) is 86.2 Å². The zero-order valence-electron chi connectivity index (χ0n) is 12.8. The van der Waals surface area contributed by atoms with Crippen LogP contribution in [0.25, 0.3) is 0 Å². The van der Waals surface area contributed by atoms with E-state index in [9.17, 15) is 22.8 Å². The fourth-order valence-electron chi connectivity index (χ4n) is 2.44. The van der Waals surface area contributed by atoms with E-state index < -0.39 is 17.5 Å².